The quantitative estimate of drug-likeness (QED) is 0.832. The van der Waals surface area contributed by atoms with Gasteiger partial charge >= 0.3 is 0 Å². The van der Waals surface area contributed by atoms with Crippen LogP contribution in [-0.4, -0.2) is 11.4 Å². The van der Waals surface area contributed by atoms with Crippen LogP contribution < -0.4 is 5.73 Å². The smallest absolute Gasteiger partial charge is 0.150 e. The first-order chi connectivity index (χ1) is 9.20. The number of anilines is 1. The first-order valence-corrected chi connectivity index (χ1v) is 6.50. The zero-order valence-corrected chi connectivity index (χ0v) is 11.1. The van der Waals surface area contributed by atoms with Crippen molar-refractivity contribution in [2.45, 2.75) is 20.0 Å². The van der Waals surface area contributed by atoms with Crippen LogP contribution in [0, 0.1) is 5.82 Å². The van der Waals surface area contributed by atoms with Gasteiger partial charge in [0.15, 0.2) is 5.82 Å². The average molecular weight is 258 g/mol. The van der Waals surface area contributed by atoms with E-state index in [1.165, 1.54) is 5.56 Å². The molecular formula is C16H19FN2. The highest BCUT2D eigenvalue weighted by Gasteiger charge is 2.10. The molecule has 0 aliphatic carbocycles. The zero-order valence-electron chi connectivity index (χ0n) is 11.1. The van der Waals surface area contributed by atoms with E-state index in [9.17, 15) is 4.39 Å². The maximum absolute atomic E-state index is 13.9. The van der Waals surface area contributed by atoms with Gasteiger partial charge in [-0.2, -0.15) is 0 Å². The van der Waals surface area contributed by atoms with Crippen molar-refractivity contribution in [2.75, 3.05) is 12.3 Å². The van der Waals surface area contributed by atoms with E-state index >= 15 is 0 Å². The van der Waals surface area contributed by atoms with E-state index in [1.807, 2.05) is 18.2 Å². The molecule has 0 aliphatic rings. The molecule has 0 spiro atoms. The molecule has 0 aliphatic heterocycles. The van der Waals surface area contributed by atoms with Crippen LogP contribution in [0.1, 0.15) is 18.1 Å². The van der Waals surface area contributed by atoms with Crippen LogP contribution in [0.4, 0.5) is 10.1 Å². The van der Waals surface area contributed by atoms with Crippen molar-refractivity contribution in [3.05, 3.63) is 65.5 Å². The van der Waals surface area contributed by atoms with E-state index in [0.29, 0.717) is 12.1 Å². The number of rotatable bonds is 5. The molecule has 0 radical (unpaired) electrons. The van der Waals surface area contributed by atoms with Crippen molar-refractivity contribution >= 4 is 5.69 Å². The predicted octanol–water partition coefficient (Wildman–Crippen LogP) is 3.43. The van der Waals surface area contributed by atoms with Crippen molar-refractivity contribution in [1.29, 1.82) is 0 Å². The summed E-state index contributed by atoms with van der Waals surface area (Å²) in [6, 6.07) is 15.4. The van der Waals surface area contributed by atoms with Crippen molar-refractivity contribution in [3.63, 3.8) is 0 Å². The first kappa shape index (κ1) is 13.6. The molecule has 2 nitrogen and oxygen atoms in total. The van der Waals surface area contributed by atoms with Gasteiger partial charge in [0, 0.05) is 18.7 Å². The van der Waals surface area contributed by atoms with Gasteiger partial charge in [0.1, 0.15) is 0 Å². The molecule has 3 heteroatoms. The van der Waals surface area contributed by atoms with Crippen LogP contribution in [0.3, 0.4) is 0 Å². The molecule has 0 amide bonds. The van der Waals surface area contributed by atoms with Crippen molar-refractivity contribution in [1.82, 2.24) is 4.90 Å². The van der Waals surface area contributed by atoms with Crippen LogP contribution in [0.5, 0.6) is 0 Å². The Morgan fingerprint density at radius 3 is 2.42 bits per heavy atom. The number of halogens is 1. The molecule has 100 valence electrons. The van der Waals surface area contributed by atoms with E-state index in [4.69, 9.17) is 5.73 Å². The van der Waals surface area contributed by atoms with Gasteiger partial charge in [-0.3, -0.25) is 4.90 Å². The van der Waals surface area contributed by atoms with Crippen LogP contribution >= 0.6 is 0 Å². The lowest BCUT2D eigenvalue weighted by Crippen LogP contribution is -2.23. The van der Waals surface area contributed by atoms with E-state index in [-0.39, 0.29) is 11.5 Å². The molecule has 0 fully saturated rings. The molecule has 0 saturated heterocycles. The second-order valence-electron chi connectivity index (χ2n) is 4.61. The first-order valence-electron chi connectivity index (χ1n) is 6.50. The Morgan fingerprint density at radius 1 is 1.00 bits per heavy atom. The number of nitrogens with two attached hydrogens (primary N) is 1. The molecule has 2 N–H and O–H groups in total. The fourth-order valence-electron chi connectivity index (χ4n) is 2.08. The van der Waals surface area contributed by atoms with Gasteiger partial charge in [0.05, 0.1) is 5.69 Å². The normalized spacial score (nSPS) is 10.9. The van der Waals surface area contributed by atoms with Crippen LogP contribution in [0.15, 0.2) is 48.5 Å². The molecule has 19 heavy (non-hydrogen) atoms. The summed E-state index contributed by atoms with van der Waals surface area (Å²) in [7, 11) is 0. The Bertz CT molecular complexity index is 526. The summed E-state index contributed by atoms with van der Waals surface area (Å²) in [5.41, 5.74) is 7.69. The monoisotopic (exact) mass is 258 g/mol. The Hall–Kier alpha value is -1.87. The average Bonchev–Trinajstić information content (AvgIpc) is 2.44. The topological polar surface area (TPSA) is 29.3 Å². The Morgan fingerprint density at radius 2 is 1.74 bits per heavy atom. The molecular weight excluding hydrogens is 239 g/mol. The summed E-state index contributed by atoms with van der Waals surface area (Å²) < 4.78 is 13.9. The van der Waals surface area contributed by atoms with Gasteiger partial charge in [-0.15, -0.1) is 0 Å². The maximum Gasteiger partial charge on any atom is 0.150 e. The lowest BCUT2D eigenvalue weighted by Gasteiger charge is -2.21. The van der Waals surface area contributed by atoms with Gasteiger partial charge in [-0.1, -0.05) is 49.4 Å². The van der Waals surface area contributed by atoms with Gasteiger partial charge < -0.3 is 5.73 Å². The standard InChI is InChI=1S/C16H19FN2/c1-2-19(11-13-7-4-3-5-8-13)12-14-9-6-10-15(18)16(14)17/h3-10H,2,11-12,18H2,1H3. The second kappa shape index (κ2) is 6.34. The summed E-state index contributed by atoms with van der Waals surface area (Å²) in [5, 5.41) is 0. The SMILES string of the molecule is CCN(Cc1ccccc1)Cc1cccc(N)c1F. The zero-order chi connectivity index (χ0) is 13.7. The molecule has 0 atom stereocenters. The van der Waals surface area contributed by atoms with Crippen molar-refractivity contribution in [2.24, 2.45) is 0 Å². The van der Waals surface area contributed by atoms with Gasteiger partial charge in [-0.05, 0) is 18.2 Å². The lowest BCUT2D eigenvalue weighted by molar-refractivity contribution is 0.267. The van der Waals surface area contributed by atoms with Gasteiger partial charge in [0.2, 0.25) is 0 Å². The minimum absolute atomic E-state index is 0.216. The number of nitrogens with zero attached hydrogens (tertiary/aromatic N) is 1. The molecule has 0 unspecified atom stereocenters. The van der Waals surface area contributed by atoms with E-state index in [0.717, 1.165) is 13.1 Å². The summed E-state index contributed by atoms with van der Waals surface area (Å²) in [4.78, 5) is 2.19. The molecule has 2 aromatic rings. The highest BCUT2D eigenvalue weighted by molar-refractivity contribution is 5.42. The molecule has 0 aromatic heterocycles. The highest BCUT2D eigenvalue weighted by atomic mass is 19.1. The van der Waals surface area contributed by atoms with Crippen molar-refractivity contribution in [3.8, 4) is 0 Å². The minimum Gasteiger partial charge on any atom is -0.396 e. The number of nitrogen functional groups attached to an aromatic ring is 1. The Balaban J connectivity index is 2.09. The fourth-order valence-corrected chi connectivity index (χ4v) is 2.08. The lowest BCUT2D eigenvalue weighted by atomic mass is 10.1. The van der Waals surface area contributed by atoms with E-state index < -0.39 is 0 Å². The summed E-state index contributed by atoms with van der Waals surface area (Å²) in [5.74, 6) is -0.297. The number of hydrogen-bond donors (Lipinski definition) is 1. The second-order valence-corrected chi connectivity index (χ2v) is 4.61. The van der Waals surface area contributed by atoms with Crippen molar-refractivity contribution < 1.29 is 4.39 Å². The summed E-state index contributed by atoms with van der Waals surface area (Å²) in [6.07, 6.45) is 0. The third kappa shape index (κ3) is 3.55. The predicted molar refractivity (Wildman–Crippen MR) is 77.0 cm³/mol. The maximum atomic E-state index is 13.9. The summed E-state index contributed by atoms with van der Waals surface area (Å²) in [6.45, 7) is 4.32. The molecule has 2 rings (SSSR count). The minimum atomic E-state index is -0.297. The highest BCUT2D eigenvalue weighted by Crippen LogP contribution is 2.17. The van der Waals surface area contributed by atoms with Gasteiger partial charge in [-0.25, -0.2) is 4.39 Å². The van der Waals surface area contributed by atoms with E-state index in [2.05, 4.69) is 24.0 Å². The van der Waals surface area contributed by atoms with Crippen LogP contribution in [0.2, 0.25) is 0 Å². The Kier molecular flexibility index (Phi) is 4.53. The van der Waals surface area contributed by atoms with Crippen LogP contribution in [0.25, 0.3) is 0 Å². The third-order valence-electron chi connectivity index (χ3n) is 3.20. The molecule has 0 saturated carbocycles. The molecule has 0 bridgehead atoms. The molecule has 0 heterocycles. The third-order valence-corrected chi connectivity index (χ3v) is 3.20. The largest absolute Gasteiger partial charge is 0.396 e. The van der Waals surface area contributed by atoms with E-state index in [1.54, 1.807) is 18.2 Å². The Labute approximate surface area is 113 Å². The molecule has 2 aromatic carbocycles. The fraction of sp³-hybridized carbons (Fsp3) is 0.250. The summed E-state index contributed by atoms with van der Waals surface area (Å²) >= 11 is 0. The van der Waals surface area contributed by atoms with Crippen LogP contribution in [-0.2, 0) is 13.1 Å². The number of hydrogen-bond acceptors (Lipinski definition) is 2. The van der Waals surface area contributed by atoms with Gasteiger partial charge in [0.25, 0.3) is 0 Å². The number of benzene rings is 2.